The maximum Gasteiger partial charge on any atom is 0.230 e. The normalized spacial score (nSPS) is 9.94. The average Bonchev–Trinajstić information content (AvgIpc) is 2.30. The van der Waals surface area contributed by atoms with E-state index in [1.165, 1.54) is 0 Å². The van der Waals surface area contributed by atoms with E-state index < -0.39 is 0 Å². The molecule has 4 nitrogen and oxygen atoms in total. The van der Waals surface area contributed by atoms with E-state index in [1.54, 1.807) is 36.7 Å². The standard InChI is InChI=1S/C12H10ClN3O/c13-10-4-1-5-11(15-10)16-12(17)7-9-3-2-6-14-8-9/h1-6,8H,7H2,(H,15,16,17). The lowest BCUT2D eigenvalue weighted by atomic mass is 10.2. The van der Waals surface area contributed by atoms with Crippen LogP contribution in [0.3, 0.4) is 0 Å². The van der Waals surface area contributed by atoms with E-state index >= 15 is 0 Å². The third-order valence-corrected chi connectivity index (χ3v) is 2.28. The number of amides is 1. The molecule has 5 heteroatoms. The largest absolute Gasteiger partial charge is 0.310 e. The molecule has 0 radical (unpaired) electrons. The van der Waals surface area contributed by atoms with Gasteiger partial charge < -0.3 is 5.32 Å². The first-order valence-electron chi connectivity index (χ1n) is 5.05. The van der Waals surface area contributed by atoms with Crippen LogP contribution in [0.1, 0.15) is 5.56 Å². The van der Waals surface area contributed by atoms with Gasteiger partial charge in [0, 0.05) is 12.4 Å². The summed E-state index contributed by atoms with van der Waals surface area (Å²) in [5, 5.41) is 3.02. The molecular formula is C12H10ClN3O. The zero-order valence-electron chi connectivity index (χ0n) is 8.93. The van der Waals surface area contributed by atoms with E-state index in [1.807, 2.05) is 6.07 Å². The zero-order valence-corrected chi connectivity index (χ0v) is 9.69. The molecule has 0 unspecified atom stereocenters. The molecule has 2 heterocycles. The van der Waals surface area contributed by atoms with Crippen molar-refractivity contribution < 1.29 is 4.79 Å². The van der Waals surface area contributed by atoms with Gasteiger partial charge in [0.15, 0.2) is 0 Å². The van der Waals surface area contributed by atoms with Gasteiger partial charge in [0.2, 0.25) is 5.91 Å². The highest BCUT2D eigenvalue weighted by atomic mass is 35.5. The molecule has 1 N–H and O–H groups in total. The van der Waals surface area contributed by atoms with Crippen LogP contribution in [0.15, 0.2) is 42.7 Å². The van der Waals surface area contributed by atoms with Gasteiger partial charge in [-0.2, -0.15) is 0 Å². The van der Waals surface area contributed by atoms with Gasteiger partial charge >= 0.3 is 0 Å². The maximum absolute atomic E-state index is 11.7. The number of carbonyl (C=O) groups is 1. The number of anilines is 1. The highest BCUT2D eigenvalue weighted by molar-refractivity contribution is 6.29. The average molecular weight is 248 g/mol. The molecule has 0 atom stereocenters. The van der Waals surface area contributed by atoms with Gasteiger partial charge in [-0.1, -0.05) is 23.7 Å². The van der Waals surface area contributed by atoms with Crippen LogP contribution >= 0.6 is 11.6 Å². The van der Waals surface area contributed by atoms with Gasteiger partial charge in [-0.05, 0) is 23.8 Å². The van der Waals surface area contributed by atoms with E-state index in [0.717, 1.165) is 5.56 Å². The predicted octanol–water partition coefficient (Wildman–Crippen LogP) is 2.31. The summed E-state index contributed by atoms with van der Waals surface area (Å²) in [6.07, 6.45) is 3.59. The Bertz CT molecular complexity index is 516. The Hall–Kier alpha value is -1.94. The summed E-state index contributed by atoms with van der Waals surface area (Å²) in [5.74, 6) is 0.305. The molecule has 17 heavy (non-hydrogen) atoms. The minimum atomic E-state index is -0.146. The Morgan fingerprint density at radius 2 is 2.18 bits per heavy atom. The Labute approximate surface area is 104 Å². The van der Waals surface area contributed by atoms with Crippen LogP contribution in [0.4, 0.5) is 5.82 Å². The first-order chi connectivity index (χ1) is 8.24. The van der Waals surface area contributed by atoms with Crippen molar-refractivity contribution in [3.63, 3.8) is 0 Å². The monoisotopic (exact) mass is 247 g/mol. The fraction of sp³-hybridized carbons (Fsp3) is 0.0833. The highest BCUT2D eigenvalue weighted by Gasteiger charge is 2.04. The second-order valence-corrected chi connectivity index (χ2v) is 3.82. The van der Waals surface area contributed by atoms with Gasteiger partial charge in [-0.3, -0.25) is 9.78 Å². The van der Waals surface area contributed by atoms with Crippen LogP contribution in [-0.4, -0.2) is 15.9 Å². The van der Waals surface area contributed by atoms with Crippen molar-refractivity contribution in [1.29, 1.82) is 0 Å². The molecule has 0 aliphatic heterocycles. The molecule has 0 aromatic carbocycles. The number of pyridine rings is 2. The lowest BCUT2D eigenvalue weighted by Gasteiger charge is -2.04. The van der Waals surface area contributed by atoms with E-state index in [-0.39, 0.29) is 12.3 Å². The number of hydrogen-bond acceptors (Lipinski definition) is 3. The molecule has 2 aromatic heterocycles. The van der Waals surface area contributed by atoms with Gasteiger partial charge in [0.25, 0.3) is 0 Å². The molecule has 0 saturated carbocycles. The van der Waals surface area contributed by atoms with Crippen molar-refractivity contribution in [2.75, 3.05) is 5.32 Å². The van der Waals surface area contributed by atoms with Gasteiger partial charge in [-0.25, -0.2) is 4.98 Å². The smallest absolute Gasteiger partial charge is 0.230 e. The van der Waals surface area contributed by atoms with Crippen molar-refractivity contribution in [3.05, 3.63) is 53.4 Å². The van der Waals surface area contributed by atoms with E-state index in [2.05, 4.69) is 15.3 Å². The Balaban J connectivity index is 1.98. The Morgan fingerprint density at radius 3 is 2.88 bits per heavy atom. The second kappa shape index (κ2) is 5.41. The van der Waals surface area contributed by atoms with E-state index in [0.29, 0.717) is 11.0 Å². The first-order valence-corrected chi connectivity index (χ1v) is 5.43. The van der Waals surface area contributed by atoms with Crippen LogP contribution < -0.4 is 5.32 Å². The van der Waals surface area contributed by atoms with Crippen molar-refractivity contribution in [1.82, 2.24) is 9.97 Å². The topological polar surface area (TPSA) is 54.9 Å². The molecule has 0 bridgehead atoms. The van der Waals surface area contributed by atoms with E-state index in [9.17, 15) is 4.79 Å². The number of rotatable bonds is 3. The second-order valence-electron chi connectivity index (χ2n) is 3.43. The lowest BCUT2D eigenvalue weighted by molar-refractivity contribution is -0.115. The van der Waals surface area contributed by atoms with Crippen LogP contribution in [0.2, 0.25) is 5.15 Å². The number of nitrogens with zero attached hydrogens (tertiary/aromatic N) is 2. The fourth-order valence-corrected chi connectivity index (χ4v) is 1.52. The van der Waals surface area contributed by atoms with Crippen molar-refractivity contribution in [3.8, 4) is 0 Å². The molecule has 0 fully saturated rings. The molecule has 1 amide bonds. The van der Waals surface area contributed by atoms with Crippen LogP contribution in [0, 0.1) is 0 Å². The number of carbonyl (C=O) groups excluding carboxylic acids is 1. The van der Waals surface area contributed by atoms with Crippen LogP contribution in [-0.2, 0) is 11.2 Å². The molecule has 2 aromatic rings. The van der Waals surface area contributed by atoms with Gasteiger partial charge in [0.05, 0.1) is 6.42 Å². The molecule has 0 aliphatic rings. The SMILES string of the molecule is O=C(Cc1cccnc1)Nc1cccc(Cl)n1. The summed E-state index contributed by atoms with van der Waals surface area (Å²) in [5.41, 5.74) is 0.854. The van der Waals surface area contributed by atoms with Gasteiger partial charge in [-0.15, -0.1) is 0 Å². The minimum absolute atomic E-state index is 0.146. The molecule has 0 saturated heterocycles. The van der Waals surface area contributed by atoms with Crippen molar-refractivity contribution in [2.45, 2.75) is 6.42 Å². The number of aromatic nitrogens is 2. The van der Waals surface area contributed by atoms with Crippen molar-refractivity contribution in [2.24, 2.45) is 0 Å². The summed E-state index contributed by atoms with van der Waals surface area (Å²) in [4.78, 5) is 19.6. The van der Waals surface area contributed by atoms with Gasteiger partial charge in [0.1, 0.15) is 11.0 Å². The minimum Gasteiger partial charge on any atom is -0.310 e. The highest BCUT2D eigenvalue weighted by Crippen LogP contribution is 2.09. The first kappa shape index (κ1) is 11.5. The molecular weight excluding hydrogens is 238 g/mol. The maximum atomic E-state index is 11.7. The quantitative estimate of drug-likeness (QED) is 0.847. The lowest BCUT2D eigenvalue weighted by Crippen LogP contribution is -2.15. The Morgan fingerprint density at radius 1 is 1.29 bits per heavy atom. The fourth-order valence-electron chi connectivity index (χ4n) is 1.35. The number of halogens is 1. The molecule has 0 spiro atoms. The summed E-state index contributed by atoms with van der Waals surface area (Å²) < 4.78 is 0. The predicted molar refractivity (Wildman–Crippen MR) is 65.8 cm³/mol. The summed E-state index contributed by atoms with van der Waals surface area (Å²) in [6, 6.07) is 8.71. The summed E-state index contributed by atoms with van der Waals surface area (Å²) >= 11 is 5.72. The van der Waals surface area contributed by atoms with Crippen LogP contribution in [0.25, 0.3) is 0 Å². The molecule has 86 valence electrons. The van der Waals surface area contributed by atoms with Crippen LogP contribution in [0.5, 0.6) is 0 Å². The third kappa shape index (κ3) is 3.53. The molecule has 0 aliphatic carbocycles. The zero-order chi connectivity index (χ0) is 12.1. The Kier molecular flexibility index (Phi) is 3.67. The number of nitrogens with one attached hydrogen (secondary N) is 1. The van der Waals surface area contributed by atoms with Crippen molar-refractivity contribution >= 4 is 23.3 Å². The summed E-state index contributed by atoms with van der Waals surface area (Å²) in [6.45, 7) is 0. The molecule has 2 rings (SSSR count). The third-order valence-electron chi connectivity index (χ3n) is 2.07. The summed E-state index contributed by atoms with van der Waals surface area (Å²) in [7, 11) is 0. The number of hydrogen-bond donors (Lipinski definition) is 1. The van der Waals surface area contributed by atoms with E-state index in [4.69, 9.17) is 11.6 Å².